The number of H-pyrrole nitrogens is 2. The molecule has 8 heteroatoms. The highest BCUT2D eigenvalue weighted by Gasteiger charge is 2.21. The van der Waals surface area contributed by atoms with Crippen LogP contribution in [0.4, 0.5) is 5.69 Å². The van der Waals surface area contributed by atoms with Crippen LogP contribution < -0.4 is 10.2 Å². The van der Waals surface area contributed by atoms with E-state index in [0.29, 0.717) is 5.92 Å². The standard InChI is InChI=1S/C32H38N8/c1-5-22(17-25(6-2)34-21(3)23-9-7-8-10-23)24-11-12-27-26(18-24)30(38-37-27)32-35-28-19-33-20-29(31(28)36-32)40-15-13-39(4)14-16-40/h5-6,11-12,17-20,23,34H,2-3,7-10,13-16H2,1,4H3,(H,35,36)(H,37,38)/b22-5+,25-17+. The van der Waals surface area contributed by atoms with Crippen molar-refractivity contribution in [1.29, 1.82) is 0 Å². The van der Waals surface area contributed by atoms with Gasteiger partial charge < -0.3 is 20.1 Å². The molecule has 0 radical (unpaired) electrons. The maximum atomic E-state index is 5.03. The maximum absolute atomic E-state index is 5.03. The number of pyridine rings is 1. The molecule has 6 rings (SSSR count). The maximum Gasteiger partial charge on any atom is 0.159 e. The molecule has 8 nitrogen and oxygen atoms in total. The van der Waals surface area contributed by atoms with Crippen molar-refractivity contribution in [1.82, 2.24) is 35.4 Å². The van der Waals surface area contributed by atoms with Gasteiger partial charge in [-0.25, -0.2) is 4.98 Å². The Kier molecular flexibility index (Phi) is 7.26. The molecule has 3 N–H and O–H groups in total. The minimum Gasteiger partial charge on any atom is -0.366 e. The first-order chi connectivity index (χ1) is 19.5. The number of allylic oxidation sites excluding steroid dienone is 5. The predicted octanol–water partition coefficient (Wildman–Crippen LogP) is 6.02. The molecule has 2 fully saturated rings. The topological polar surface area (TPSA) is 88.8 Å². The van der Waals surface area contributed by atoms with Crippen molar-refractivity contribution in [3.05, 3.63) is 78.9 Å². The molecule has 4 aromatic rings. The summed E-state index contributed by atoms with van der Waals surface area (Å²) in [6, 6.07) is 6.38. The van der Waals surface area contributed by atoms with Gasteiger partial charge in [0.05, 0.1) is 29.1 Å². The predicted molar refractivity (Wildman–Crippen MR) is 165 cm³/mol. The Morgan fingerprint density at radius 3 is 2.65 bits per heavy atom. The second-order valence-corrected chi connectivity index (χ2v) is 10.9. The number of likely N-dealkylation sites (N-methyl/N-ethyl adjacent to an activating group) is 1. The Morgan fingerprint density at radius 1 is 1.10 bits per heavy atom. The fraction of sp³-hybridized carbons (Fsp3) is 0.344. The Hall–Kier alpha value is -4.17. The van der Waals surface area contributed by atoms with Crippen LogP contribution in [0.5, 0.6) is 0 Å². The Morgan fingerprint density at radius 2 is 1.90 bits per heavy atom. The van der Waals surface area contributed by atoms with Crippen LogP contribution >= 0.6 is 0 Å². The van der Waals surface area contributed by atoms with Crippen LogP contribution in [-0.2, 0) is 0 Å². The van der Waals surface area contributed by atoms with Gasteiger partial charge in [-0.3, -0.25) is 10.1 Å². The summed E-state index contributed by atoms with van der Waals surface area (Å²) >= 11 is 0. The minimum atomic E-state index is 0.540. The summed E-state index contributed by atoms with van der Waals surface area (Å²) in [7, 11) is 2.16. The number of anilines is 1. The lowest BCUT2D eigenvalue weighted by molar-refractivity contribution is 0.313. The van der Waals surface area contributed by atoms with E-state index in [0.717, 1.165) is 87.9 Å². The molecule has 1 aliphatic heterocycles. The number of nitrogens with one attached hydrogen (secondary N) is 3. The van der Waals surface area contributed by atoms with Crippen molar-refractivity contribution in [2.45, 2.75) is 32.6 Å². The third-order valence-electron chi connectivity index (χ3n) is 8.33. The highest BCUT2D eigenvalue weighted by atomic mass is 15.3. The van der Waals surface area contributed by atoms with E-state index in [4.69, 9.17) is 4.98 Å². The van der Waals surface area contributed by atoms with E-state index in [2.05, 4.69) is 92.8 Å². The van der Waals surface area contributed by atoms with Gasteiger partial charge >= 0.3 is 0 Å². The van der Waals surface area contributed by atoms with Crippen molar-refractivity contribution in [3.63, 3.8) is 0 Å². The van der Waals surface area contributed by atoms with E-state index in [1.807, 2.05) is 18.5 Å². The fourth-order valence-electron chi connectivity index (χ4n) is 5.89. The number of hydrogen-bond acceptors (Lipinski definition) is 6. The normalized spacial score (nSPS) is 17.7. The van der Waals surface area contributed by atoms with Crippen molar-refractivity contribution in [3.8, 4) is 11.5 Å². The van der Waals surface area contributed by atoms with Gasteiger partial charge in [0.25, 0.3) is 0 Å². The zero-order valence-electron chi connectivity index (χ0n) is 23.5. The van der Waals surface area contributed by atoms with Crippen molar-refractivity contribution in [2.24, 2.45) is 5.92 Å². The van der Waals surface area contributed by atoms with E-state index in [9.17, 15) is 0 Å². The van der Waals surface area contributed by atoms with E-state index in [1.165, 1.54) is 25.7 Å². The number of benzene rings is 1. The van der Waals surface area contributed by atoms with Gasteiger partial charge in [0, 0.05) is 43.0 Å². The van der Waals surface area contributed by atoms with Crippen LogP contribution in [0.2, 0.25) is 0 Å². The van der Waals surface area contributed by atoms with Gasteiger partial charge in [0.15, 0.2) is 5.82 Å². The number of hydrogen-bond donors (Lipinski definition) is 3. The van der Waals surface area contributed by atoms with Crippen LogP contribution in [0, 0.1) is 5.92 Å². The molecule has 4 heterocycles. The molecule has 0 spiro atoms. The molecule has 0 bridgehead atoms. The fourth-order valence-corrected chi connectivity index (χ4v) is 5.89. The lowest BCUT2D eigenvalue weighted by Gasteiger charge is -2.33. The van der Waals surface area contributed by atoms with Gasteiger partial charge in [0.2, 0.25) is 0 Å². The van der Waals surface area contributed by atoms with Crippen LogP contribution in [0.25, 0.3) is 39.0 Å². The molecule has 0 atom stereocenters. The first-order valence-electron chi connectivity index (χ1n) is 14.3. The molecule has 0 amide bonds. The molecule has 206 valence electrons. The first-order valence-corrected chi connectivity index (χ1v) is 14.3. The Balaban J connectivity index is 1.31. The van der Waals surface area contributed by atoms with Gasteiger partial charge in [-0.1, -0.05) is 38.1 Å². The molecule has 2 aliphatic rings. The smallest absolute Gasteiger partial charge is 0.159 e. The lowest BCUT2D eigenvalue weighted by Crippen LogP contribution is -2.44. The molecule has 1 aliphatic carbocycles. The molecule has 3 aromatic heterocycles. The number of imidazole rings is 1. The summed E-state index contributed by atoms with van der Waals surface area (Å²) < 4.78 is 0. The van der Waals surface area contributed by atoms with Gasteiger partial charge in [-0.05, 0) is 68.2 Å². The summed E-state index contributed by atoms with van der Waals surface area (Å²) in [4.78, 5) is 17.7. The summed E-state index contributed by atoms with van der Waals surface area (Å²) in [5.41, 5.74) is 8.92. The highest BCUT2D eigenvalue weighted by molar-refractivity contribution is 5.97. The Labute approximate surface area is 235 Å². The first kappa shape index (κ1) is 26.1. The SMILES string of the molecule is C=C/C(=C\C(=C/C)c1ccc2[nH]nc(-c3nc4c(N5CCN(C)CC5)cncc4[nH]3)c2c1)NC(=C)C1CCCC1. The van der Waals surface area contributed by atoms with Crippen molar-refractivity contribution < 1.29 is 0 Å². The third-order valence-corrected chi connectivity index (χ3v) is 8.33. The molecular weight excluding hydrogens is 496 g/mol. The average molecular weight is 535 g/mol. The van der Waals surface area contributed by atoms with E-state index >= 15 is 0 Å². The van der Waals surface area contributed by atoms with Crippen LogP contribution in [-0.4, -0.2) is 63.3 Å². The highest BCUT2D eigenvalue weighted by Crippen LogP contribution is 2.33. The molecular formula is C32H38N8. The van der Waals surface area contributed by atoms with Gasteiger partial charge in [0.1, 0.15) is 11.2 Å². The van der Waals surface area contributed by atoms with E-state index in [-0.39, 0.29) is 0 Å². The van der Waals surface area contributed by atoms with Gasteiger partial charge in [-0.15, -0.1) is 0 Å². The second kappa shape index (κ2) is 11.1. The Bertz CT molecular complexity index is 1610. The van der Waals surface area contributed by atoms with Gasteiger partial charge in [-0.2, -0.15) is 5.10 Å². The van der Waals surface area contributed by atoms with Crippen molar-refractivity contribution in [2.75, 3.05) is 38.1 Å². The number of fused-ring (bicyclic) bond motifs is 2. The zero-order chi connectivity index (χ0) is 27.6. The molecule has 1 saturated carbocycles. The van der Waals surface area contributed by atoms with Crippen LogP contribution in [0.3, 0.4) is 0 Å². The molecule has 40 heavy (non-hydrogen) atoms. The minimum absolute atomic E-state index is 0.540. The number of nitrogens with zero attached hydrogens (tertiary/aromatic N) is 5. The number of piperazine rings is 1. The van der Waals surface area contributed by atoms with E-state index in [1.54, 1.807) is 0 Å². The number of aromatic amines is 2. The second-order valence-electron chi connectivity index (χ2n) is 10.9. The average Bonchev–Trinajstić information content (AvgIpc) is 3.74. The summed E-state index contributed by atoms with van der Waals surface area (Å²) in [6.07, 6.45) is 14.9. The monoisotopic (exact) mass is 534 g/mol. The lowest BCUT2D eigenvalue weighted by atomic mass is 10.0. The summed E-state index contributed by atoms with van der Waals surface area (Å²) in [5.74, 6) is 1.28. The largest absolute Gasteiger partial charge is 0.366 e. The van der Waals surface area contributed by atoms with Crippen molar-refractivity contribution >= 4 is 33.2 Å². The summed E-state index contributed by atoms with van der Waals surface area (Å²) in [6.45, 7) is 14.4. The third kappa shape index (κ3) is 5.07. The zero-order valence-corrected chi connectivity index (χ0v) is 23.5. The molecule has 1 saturated heterocycles. The molecule has 0 unspecified atom stereocenters. The number of rotatable bonds is 8. The van der Waals surface area contributed by atoms with Crippen LogP contribution in [0.1, 0.15) is 38.2 Å². The van der Waals surface area contributed by atoms with E-state index < -0.39 is 0 Å². The summed E-state index contributed by atoms with van der Waals surface area (Å²) in [5, 5.41) is 12.4. The van der Waals surface area contributed by atoms with Crippen LogP contribution in [0.15, 0.2) is 73.4 Å². The quantitative estimate of drug-likeness (QED) is 0.240. The molecule has 1 aromatic carbocycles. The number of aromatic nitrogens is 5.